The van der Waals surface area contributed by atoms with Gasteiger partial charge in [0.05, 0.1) is 11.5 Å². The third-order valence-corrected chi connectivity index (χ3v) is 6.96. The predicted molar refractivity (Wildman–Crippen MR) is 108 cm³/mol. The number of ether oxygens (including phenoxy) is 1. The first-order valence-corrected chi connectivity index (χ1v) is 10.9. The van der Waals surface area contributed by atoms with Gasteiger partial charge in [0.1, 0.15) is 6.61 Å². The van der Waals surface area contributed by atoms with Crippen LogP contribution in [0.5, 0.6) is 0 Å². The Labute approximate surface area is 174 Å². The number of hydrogen-bond acceptors (Lipinski definition) is 4. The Kier molecular flexibility index (Phi) is 6.95. The molecule has 28 heavy (non-hydrogen) atoms. The zero-order valence-electron chi connectivity index (χ0n) is 15.1. The fourth-order valence-electron chi connectivity index (χ4n) is 2.91. The van der Waals surface area contributed by atoms with Gasteiger partial charge in [-0.3, -0.25) is 4.79 Å². The van der Waals surface area contributed by atoms with Gasteiger partial charge >= 0.3 is 0 Å². The van der Waals surface area contributed by atoms with Gasteiger partial charge in [-0.25, -0.2) is 8.42 Å². The maximum absolute atomic E-state index is 12.7. The molecule has 0 unspecified atom stereocenters. The highest BCUT2D eigenvalue weighted by atomic mass is 35.5. The van der Waals surface area contributed by atoms with Gasteiger partial charge in [-0.1, -0.05) is 47.5 Å². The van der Waals surface area contributed by atoms with E-state index in [0.29, 0.717) is 23.1 Å². The quantitative estimate of drug-likeness (QED) is 0.689. The van der Waals surface area contributed by atoms with Crippen molar-refractivity contribution in [1.82, 2.24) is 9.21 Å². The van der Waals surface area contributed by atoms with Crippen molar-refractivity contribution in [2.45, 2.75) is 11.5 Å². The van der Waals surface area contributed by atoms with Crippen LogP contribution in [0.25, 0.3) is 0 Å². The lowest BCUT2D eigenvalue weighted by molar-refractivity contribution is -0.137. The van der Waals surface area contributed by atoms with Crippen molar-refractivity contribution in [3.8, 4) is 0 Å². The summed E-state index contributed by atoms with van der Waals surface area (Å²) >= 11 is 12.0. The van der Waals surface area contributed by atoms with Crippen molar-refractivity contribution in [3.63, 3.8) is 0 Å². The third-order valence-electron chi connectivity index (χ3n) is 4.47. The molecular formula is C19H20Cl2N2O4S. The Morgan fingerprint density at radius 3 is 2.39 bits per heavy atom. The second-order valence-corrected chi connectivity index (χ2v) is 9.11. The largest absolute Gasteiger partial charge is 0.367 e. The van der Waals surface area contributed by atoms with Crippen molar-refractivity contribution in [2.75, 3.05) is 32.8 Å². The van der Waals surface area contributed by atoms with E-state index in [4.69, 9.17) is 27.9 Å². The summed E-state index contributed by atoms with van der Waals surface area (Å²) in [4.78, 5) is 14.1. The first-order chi connectivity index (χ1) is 13.4. The molecule has 150 valence electrons. The lowest BCUT2D eigenvalue weighted by Crippen LogP contribution is -2.51. The van der Waals surface area contributed by atoms with Crippen molar-refractivity contribution in [3.05, 3.63) is 64.1 Å². The number of halogens is 2. The Morgan fingerprint density at radius 1 is 1.00 bits per heavy atom. The summed E-state index contributed by atoms with van der Waals surface area (Å²) in [5.41, 5.74) is 0.814. The van der Waals surface area contributed by atoms with E-state index in [0.717, 1.165) is 5.56 Å². The number of rotatable bonds is 6. The van der Waals surface area contributed by atoms with E-state index >= 15 is 0 Å². The smallest absolute Gasteiger partial charge is 0.248 e. The van der Waals surface area contributed by atoms with E-state index in [2.05, 4.69) is 0 Å². The summed E-state index contributed by atoms with van der Waals surface area (Å²) < 4.78 is 32.2. The minimum atomic E-state index is -3.63. The molecule has 0 atom stereocenters. The van der Waals surface area contributed by atoms with Crippen LogP contribution in [0.4, 0.5) is 0 Å². The molecule has 0 radical (unpaired) electrons. The predicted octanol–water partition coefficient (Wildman–Crippen LogP) is 3.04. The highest BCUT2D eigenvalue weighted by Crippen LogP contribution is 2.21. The number of sulfonamides is 1. The van der Waals surface area contributed by atoms with E-state index in [-0.39, 0.29) is 37.1 Å². The molecule has 1 heterocycles. The van der Waals surface area contributed by atoms with Crippen LogP contribution in [0.3, 0.4) is 0 Å². The fraction of sp³-hybridized carbons (Fsp3) is 0.316. The summed E-state index contributed by atoms with van der Waals surface area (Å²) in [6.45, 7) is 1.25. The van der Waals surface area contributed by atoms with Gasteiger partial charge in [0.2, 0.25) is 15.9 Å². The number of hydrogen-bond donors (Lipinski definition) is 0. The molecule has 0 bridgehead atoms. The van der Waals surface area contributed by atoms with Crippen molar-refractivity contribution < 1.29 is 17.9 Å². The van der Waals surface area contributed by atoms with E-state index < -0.39 is 10.0 Å². The second kappa shape index (κ2) is 9.24. The van der Waals surface area contributed by atoms with Crippen LogP contribution in [-0.4, -0.2) is 56.3 Å². The van der Waals surface area contributed by atoms with Crippen LogP contribution in [0, 0.1) is 0 Å². The monoisotopic (exact) mass is 442 g/mol. The molecule has 2 aromatic rings. The number of piperazine rings is 1. The average molecular weight is 443 g/mol. The lowest BCUT2D eigenvalue weighted by atomic mass is 10.2. The van der Waals surface area contributed by atoms with Crippen LogP contribution in [0.2, 0.25) is 10.0 Å². The molecule has 1 aliphatic rings. The molecule has 0 saturated carbocycles. The Hall–Kier alpha value is -1.64. The number of nitrogens with zero attached hydrogens (tertiary/aromatic N) is 2. The van der Waals surface area contributed by atoms with Crippen molar-refractivity contribution >= 4 is 39.1 Å². The minimum Gasteiger partial charge on any atom is -0.367 e. The number of carbonyl (C=O) groups excluding carboxylic acids is 1. The van der Waals surface area contributed by atoms with Crippen LogP contribution in [0.15, 0.2) is 53.4 Å². The first kappa shape index (κ1) is 21.1. The summed E-state index contributed by atoms with van der Waals surface area (Å²) in [6, 6.07) is 13.5. The highest BCUT2D eigenvalue weighted by Gasteiger charge is 2.30. The molecule has 0 N–H and O–H groups in total. The molecule has 0 spiro atoms. The maximum Gasteiger partial charge on any atom is 0.248 e. The molecule has 9 heteroatoms. The fourth-order valence-corrected chi connectivity index (χ4v) is 4.82. The lowest BCUT2D eigenvalue weighted by Gasteiger charge is -2.34. The van der Waals surface area contributed by atoms with Crippen LogP contribution < -0.4 is 0 Å². The van der Waals surface area contributed by atoms with Gasteiger partial charge in [-0.15, -0.1) is 0 Å². The molecule has 1 fully saturated rings. The Bertz CT molecular complexity index is 944. The van der Waals surface area contributed by atoms with Gasteiger partial charge in [-0.2, -0.15) is 4.31 Å². The van der Waals surface area contributed by atoms with Gasteiger partial charge in [0.15, 0.2) is 0 Å². The van der Waals surface area contributed by atoms with Gasteiger partial charge in [-0.05, 0) is 29.8 Å². The molecule has 2 aromatic carbocycles. The molecule has 0 aromatic heterocycles. The minimum absolute atomic E-state index is 0.0771. The Balaban J connectivity index is 1.50. The summed E-state index contributed by atoms with van der Waals surface area (Å²) in [6.07, 6.45) is 0. The zero-order valence-corrected chi connectivity index (χ0v) is 17.4. The second-order valence-electron chi connectivity index (χ2n) is 6.33. The Morgan fingerprint density at radius 2 is 1.71 bits per heavy atom. The number of benzene rings is 2. The van der Waals surface area contributed by atoms with E-state index in [1.54, 1.807) is 23.1 Å². The SMILES string of the molecule is O=C(COCc1ccccc1Cl)N1CCN(S(=O)(=O)c2cccc(Cl)c2)CC1. The van der Waals surface area contributed by atoms with Crippen molar-refractivity contribution in [2.24, 2.45) is 0 Å². The van der Waals surface area contributed by atoms with Crippen molar-refractivity contribution in [1.29, 1.82) is 0 Å². The molecular weight excluding hydrogens is 423 g/mol. The summed E-state index contributed by atoms with van der Waals surface area (Å²) in [7, 11) is -3.63. The molecule has 1 saturated heterocycles. The number of carbonyl (C=O) groups is 1. The van der Waals surface area contributed by atoms with E-state index in [1.165, 1.54) is 16.4 Å². The third kappa shape index (κ3) is 5.04. The maximum atomic E-state index is 12.7. The van der Waals surface area contributed by atoms with Crippen LogP contribution in [0.1, 0.15) is 5.56 Å². The molecule has 1 amide bonds. The van der Waals surface area contributed by atoms with Gasteiger partial charge in [0.25, 0.3) is 0 Å². The van der Waals surface area contributed by atoms with Gasteiger partial charge in [0, 0.05) is 36.2 Å². The normalized spacial score (nSPS) is 15.6. The standard InChI is InChI=1S/C19H20Cl2N2O4S/c20-16-5-3-6-17(12-16)28(25,26)23-10-8-22(9-11-23)19(24)14-27-13-15-4-1-2-7-18(15)21/h1-7,12H,8-11,13-14H2. The number of amides is 1. The molecule has 1 aliphatic heterocycles. The van der Waals surface area contributed by atoms with Crippen LogP contribution in [-0.2, 0) is 26.2 Å². The van der Waals surface area contributed by atoms with E-state index in [9.17, 15) is 13.2 Å². The summed E-state index contributed by atoms with van der Waals surface area (Å²) in [5, 5.41) is 0.959. The molecule has 3 rings (SSSR count). The zero-order chi connectivity index (χ0) is 20.1. The average Bonchev–Trinajstić information content (AvgIpc) is 2.69. The topological polar surface area (TPSA) is 66.9 Å². The first-order valence-electron chi connectivity index (χ1n) is 8.72. The molecule has 6 nitrogen and oxygen atoms in total. The summed E-state index contributed by atoms with van der Waals surface area (Å²) in [5.74, 6) is -0.174. The highest BCUT2D eigenvalue weighted by molar-refractivity contribution is 7.89. The van der Waals surface area contributed by atoms with Gasteiger partial charge < -0.3 is 9.64 Å². The van der Waals surface area contributed by atoms with Crippen LogP contribution >= 0.6 is 23.2 Å². The molecule has 0 aliphatic carbocycles. The van der Waals surface area contributed by atoms with E-state index in [1.807, 2.05) is 18.2 Å².